The van der Waals surface area contributed by atoms with Gasteiger partial charge in [0, 0.05) is 23.1 Å². The molecule has 0 spiro atoms. The number of amides is 2. The number of benzene rings is 2. The molecule has 2 aromatic rings. The van der Waals surface area contributed by atoms with E-state index in [2.05, 4.69) is 21.2 Å². The van der Waals surface area contributed by atoms with E-state index in [9.17, 15) is 9.59 Å². The van der Waals surface area contributed by atoms with Crippen molar-refractivity contribution in [2.24, 2.45) is 0 Å². The molecule has 126 valence electrons. The summed E-state index contributed by atoms with van der Waals surface area (Å²) >= 11 is 3.34. The first kappa shape index (κ1) is 18.2. The Balaban J connectivity index is 1.94. The summed E-state index contributed by atoms with van der Waals surface area (Å²) in [4.78, 5) is 26.4. The molecule has 0 aliphatic carbocycles. The molecule has 0 aromatic heterocycles. The number of hydrogen-bond acceptors (Lipinski definition) is 2. The standard InChI is InChI=1S/C19H21BrN2O2/c1-2-11-22(14-15-7-4-3-5-8-15)18(23)13-21-19(24)16-9-6-10-17(20)12-16/h3-10,12H,2,11,13-14H2,1H3,(H,21,24). The van der Waals surface area contributed by atoms with Crippen LogP contribution in [0.25, 0.3) is 0 Å². The fraction of sp³-hybridized carbons (Fsp3) is 0.263. The summed E-state index contributed by atoms with van der Waals surface area (Å²) in [6, 6.07) is 17.0. The topological polar surface area (TPSA) is 49.4 Å². The maximum atomic E-state index is 12.4. The molecular formula is C19H21BrN2O2. The van der Waals surface area contributed by atoms with Gasteiger partial charge in [0.15, 0.2) is 0 Å². The van der Waals surface area contributed by atoms with E-state index >= 15 is 0 Å². The predicted octanol–water partition coefficient (Wildman–Crippen LogP) is 3.62. The summed E-state index contributed by atoms with van der Waals surface area (Å²) in [5.74, 6) is -0.329. The van der Waals surface area contributed by atoms with E-state index in [1.807, 2.05) is 43.3 Å². The van der Waals surface area contributed by atoms with Crippen molar-refractivity contribution in [1.82, 2.24) is 10.2 Å². The zero-order valence-corrected chi connectivity index (χ0v) is 15.3. The monoisotopic (exact) mass is 388 g/mol. The third kappa shape index (κ3) is 5.49. The molecule has 0 atom stereocenters. The van der Waals surface area contributed by atoms with E-state index in [-0.39, 0.29) is 18.4 Å². The van der Waals surface area contributed by atoms with Crippen molar-refractivity contribution in [1.29, 1.82) is 0 Å². The number of halogens is 1. The largest absolute Gasteiger partial charge is 0.343 e. The molecule has 5 heteroatoms. The van der Waals surface area contributed by atoms with Crippen molar-refractivity contribution in [3.63, 3.8) is 0 Å². The van der Waals surface area contributed by atoms with Gasteiger partial charge in [-0.15, -0.1) is 0 Å². The third-order valence-electron chi connectivity index (χ3n) is 3.55. The Morgan fingerprint density at radius 3 is 2.50 bits per heavy atom. The maximum Gasteiger partial charge on any atom is 0.251 e. The van der Waals surface area contributed by atoms with Gasteiger partial charge in [-0.2, -0.15) is 0 Å². The summed E-state index contributed by atoms with van der Waals surface area (Å²) in [5, 5.41) is 2.70. The van der Waals surface area contributed by atoms with Crippen LogP contribution in [0.2, 0.25) is 0 Å². The van der Waals surface area contributed by atoms with Gasteiger partial charge < -0.3 is 10.2 Å². The second-order valence-corrected chi connectivity index (χ2v) is 6.41. The van der Waals surface area contributed by atoms with Crippen LogP contribution in [0.3, 0.4) is 0 Å². The molecule has 0 aliphatic rings. The molecule has 0 saturated heterocycles. The number of nitrogens with one attached hydrogen (secondary N) is 1. The highest BCUT2D eigenvalue weighted by Gasteiger charge is 2.15. The van der Waals surface area contributed by atoms with Crippen LogP contribution in [0.4, 0.5) is 0 Å². The minimum Gasteiger partial charge on any atom is -0.343 e. The molecular weight excluding hydrogens is 368 g/mol. The average Bonchev–Trinajstić information content (AvgIpc) is 2.60. The zero-order valence-electron chi connectivity index (χ0n) is 13.7. The van der Waals surface area contributed by atoms with Crippen LogP contribution in [0, 0.1) is 0 Å². The normalized spacial score (nSPS) is 10.2. The van der Waals surface area contributed by atoms with Crippen molar-refractivity contribution in [3.05, 3.63) is 70.2 Å². The maximum absolute atomic E-state index is 12.4. The molecule has 0 aliphatic heterocycles. The second kappa shape index (κ2) is 9.23. The molecule has 2 rings (SSSR count). The Hall–Kier alpha value is -2.14. The number of rotatable bonds is 7. The van der Waals surface area contributed by atoms with Gasteiger partial charge in [-0.05, 0) is 30.2 Å². The van der Waals surface area contributed by atoms with Gasteiger partial charge in [-0.25, -0.2) is 0 Å². The Bertz CT molecular complexity index is 689. The number of carbonyl (C=O) groups excluding carboxylic acids is 2. The first-order valence-corrected chi connectivity index (χ1v) is 8.75. The average molecular weight is 389 g/mol. The SMILES string of the molecule is CCCN(Cc1ccccc1)C(=O)CNC(=O)c1cccc(Br)c1. The summed E-state index contributed by atoms with van der Waals surface area (Å²) in [6.45, 7) is 3.25. The number of hydrogen-bond donors (Lipinski definition) is 1. The van der Waals surface area contributed by atoms with Gasteiger partial charge in [-0.3, -0.25) is 9.59 Å². The molecule has 0 unspecified atom stereocenters. The molecule has 2 aromatic carbocycles. The van der Waals surface area contributed by atoms with E-state index in [1.54, 1.807) is 23.1 Å². The number of carbonyl (C=O) groups is 2. The van der Waals surface area contributed by atoms with Gasteiger partial charge in [0.2, 0.25) is 5.91 Å². The van der Waals surface area contributed by atoms with Crippen molar-refractivity contribution in [2.45, 2.75) is 19.9 Å². The van der Waals surface area contributed by atoms with Gasteiger partial charge >= 0.3 is 0 Å². The molecule has 1 N–H and O–H groups in total. The van der Waals surface area contributed by atoms with E-state index < -0.39 is 0 Å². The fourth-order valence-electron chi connectivity index (χ4n) is 2.37. The van der Waals surface area contributed by atoms with Crippen LogP contribution in [-0.2, 0) is 11.3 Å². The van der Waals surface area contributed by atoms with E-state index in [1.165, 1.54) is 0 Å². The third-order valence-corrected chi connectivity index (χ3v) is 4.04. The predicted molar refractivity (Wildman–Crippen MR) is 98.6 cm³/mol. The lowest BCUT2D eigenvalue weighted by Crippen LogP contribution is -2.40. The highest BCUT2D eigenvalue weighted by molar-refractivity contribution is 9.10. The molecule has 24 heavy (non-hydrogen) atoms. The van der Waals surface area contributed by atoms with E-state index in [0.717, 1.165) is 16.5 Å². The van der Waals surface area contributed by atoms with Crippen LogP contribution in [-0.4, -0.2) is 29.8 Å². The van der Waals surface area contributed by atoms with E-state index in [4.69, 9.17) is 0 Å². The minimum atomic E-state index is -0.249. The summed E-state index contributed by atoms with van der Waals surface area (Å²) in [6.07, 6.45) is 0.873. The van der Waals surface area contributed by atoms with Gasteiger partial charge in [0.05, 0.1) is 6.54 Å². The Kier molecular flexibility index (Phi) is 7.00. The summed E-state index contributed by atoms with van der Waals surface area (Å²) < 4.78 is 0.832. The summed E-state index contributed by atoms with van der Waals surface area (Å²) in [7, 11) is 0. The Labute approximate surface area is 151 Å². The van der Waals surface area contributed by atoms with Gasteiger partial charge in [0.1, 0.15) is 0 Å². The molecule has 0 fully saturated rings. The first-order valence-electron chi connectivity index (χ1n) is 7.95. The van der Waals surface area contributed by atoms with Crippen LogP contribution in [0.1, 0.15) is 29.3 Å². The Morgan fingerprint density at radius 2 is 1.83 bits per heavy atom. The quantitative estimate of drug-likeness (QED) is 0.787. The molecule has 0 saturated carbocycles. The lowest BCUT2D eigenvalue weighted by Gasteiger charge is -2.22. The lowest BCUT2D eigenvalue weighted by molar-refractivity contribution is -0.130. The highest BCUT2D eigenvalue weighted by Crippen LogP contribution is 2.11. The highest BCUT2D eigenvalue weighted by atomic mass is 79.9. The summed E-state index contributed by atoms with van der Waals surface area (Å²) in [5.41, 5.74) is 1.61. The van der Waals surface area contributed by atoms with Crippen molar-refractivity contribution < 1.29 is 9.59 Å². The molecule has 0 radical (unpaired) electrons. The zero-order chi connectivity index (χ0) is 17.4. The molecule has 4 nitrogen and oxygen atoms in total. The lowest BCUT2D eigenvalue weighted by atomic mass is 10.2. The van der Waals surface area contributed by atoms with Crippen molar-refractivity contribution in [2.75, 3.05) is 13.1 Å². The van der Waals surface area contributed by atoms with Crippen LogP contribution in [0.15, 0.2) is 59.1 Å². The van der Waals surface area contributed by atoms with Crippen LogP contribution < -0.4 is 5.32 Å². The smallest absolute Gasteiger partial charge is 0.251 e. The first-order chi connectivity index (χ1) is 11.6. The van der Waals surface area contributed by atoms with E-state index in [0.29, 0.717) is 18.7 Å². The second-order valence-electron chi connectivity index (χ2n) is 5.49. The molecule has 2 amide bonds. The minimum absolute atomic E-state index is 0.00181. The van der Waals surface area contributed by atoms with Crippen LogP contribution >= 0.6 is 15.9 Å². The van der Waals surface area contributed by atoms with Crippen molar-refractivity contribution in [3.8, 4) is 0 Å². The fourth-order valence-corrected chi connectivity index (χ4v) is 2.76. The molecule has 0 heterocycles. The molecule has 0 bridgehead atoms. The van der Waals surface area contributed by atoms with Gasteiger partial charge in [-0.1, -0.05) is 59.3 Å². The van der Waals surface area contributed by atoms with Gasteiger partial charge in [0.25, 0.3) is 5.91 Å². The number of nitrogens with zero attached hydrogens (tertiary/aromatic N) is 1. The Morgan fingerprint density at radius 1 is 1.08 bits per heavy atom. The van der Waals surface area contributed by atoms with Crippen LogP contribution in [0.5, 0.6) is 0 Å². The van der Waals surface area contributed by atoms with Crippen molar-refractivity contribution >= 4 is 27.7 Å².